The normalized spacial score (nSPS) is 13.5. The number of nitrogens with one attached hydrogen (secondary N) is 2. The first-order valence-corrected chi connectivity index (χ1v) is 13.0. The lowest BCUT2D eigenvalue weighted by atomic mass is 9.95. The number of terminal acetylenes is 1. The summed E-state index contributed by atoms with van der Waals surface area (Å²) in [4.78, 5) is 41.5. The van der Waals surface area contributed by atoms with Gasteiger partial charge < -0.3 is 15.4 Å². The number of nitrogens with zero attached hydrogens (tertiary/aromatic N) is 1. The van der Waals surface area contributed by atoms with Gasteiger partial charge in [-0.25, -0.2) is 4.79 Å². The fourth-order valence-electron chi connectivity index (χ4n) is 4.10. The summed E-state index contributed by atoms with van der Waals surface area (Å²) >= 11 is 6.37. The van der Waals surface area contributed by atoms with Crippen molar-refractivity contribution in [3.05, 3.63) is 63.7 Å². The molecule has 38 heavy (non-hydrogen) atoms. The summed E-state index contributed by atoms with van der Waals surface area (Å²) in [6.07, 6.45) is 5.73. The van der Waals surface area contributed by atoms with Crippen molar-refractivity contribution in [2.75, 3.05) is 5.32 Å². The van der Waals surface area contributed by atoms with Crippen molar-refractivity contribution >= 4 is 35.2 Å². The third-order valence-electron chi connectivity index (χ3n) is 6.06. The molecule has 0 saturated carbocycles. The molecule has 3 amide bonds. The Morgan fingerprint density at radius 1 is 1.11 bits per heavy atom. The average Bonchev–Trinajstić information content (AvgIpc) is 2.80. The Labute approximate surface area is 231 Å². The quantitative estimate of drug-likeness (QED) is 0.304. The van der Waals surface area contributed by atoms with Crippen molar-refractivity contribution in [3.63, 3.8) is 0 Å². The first-order valence-electron chi connectivity index (χ1n) is 12.6. The molecular weight excluding hydrogens is 502 g/mol. The van der Waals surface area contributed by atoms with E-state index in [2.05, 4.69) is 16.7 Å². The van der Waals surface area contributed by atoms with Gasteiger partial charge in [-0.1, -0.05) is 79.8 Å². The minimum Gasteiger partial charge on any atom is -0.444 e. The number of amides is 3. The van der Waals surface area contributed by atoms with E-state index in [0.29, 0.717) is 22.7 Å². The van der Waals surface area contributed by atoms with Crippen molar-refractivity contribution in [2.45, 2.75) is 79.5 Å². The van der Waals surface area contributed by atoms with Crippen LogP contribution in [0.4, 0.5) is 10.5 Å². The second kappa shape index (κ2) is 12.8. The zero-order valence-electron chi connectivity index (χ0n) is 23.4. The molecule has 2 aromatic carbocycles. The lowest BCUT2D eigenvalue weighted by Crippen LogP contribution is -2.53. The molecule has 2 aromatic rings. The number of ether oxygens (including phenoxy) is 1. The topological polar surface area (TPSA) is 87.7 Å². The Bertz CT molecular complexity index is 1190. The molecule has 0 aliphatic rings. The molecule has 3 unspecified atom stereocenters. The summed E-state index contributed by atoms with van der Waals surface area (Å²) in [6, 6.07) is 11.1. The number of anilines is 1. The van der Waals surface area contributed by atoms with E-state index in [4.69, 9.17) is 22.8 Å². The standard InChI is InChI=1S/C30H38ClN3O4/c1-10-20(5)25(33-29(37)38-30(7,8)9)28(36)34(11-2)26(22-16-18(3)15-19(4)17-22)27(35)32-24-21(6)13-12-14-23(24)31/h2,12-17,20,25-26H,10H2,1,3-9H3,(H,32,35)(H,33,37). The van der Waals surface area contributed by atoms with Gasteiger partial charge in [-0.05, 0) is 64.7 Å². The maximum atomic E-state index is 14.0. The summed E-state index contributed by atoms with van der Waals surface area (Å²) in [5.74, 6) is -1.42. The molecule has 0 aromatic heterocycles. The van der Waals surface area contributed by atoms with Gasteiger partial charge in [0, 0.05) is 6.04 Å². The number of alkyl carbamates (subject to hydrolysis) is 1. The van der Waals surface area contributed by atoms with Crippen LogP contribution in [0.1, 0.15) is 69.3 Å². The highest BCUT2D eigenvalue weighted by atomic mass is 35.5. The van der Waals surface area contributed by atoms with Crippen LogP contribution in [0.5, 0.6) is 0 Å². The van der Waals surface area contributed by atoms with E-state index in [0.717, 1.165) is 21.6 Å². The van der Waals surface area contributed by atoms with E-state index in [9.17, 15) is 14.4 Å². The average molecular weight is 540 g/mol. The molecule has 7 nitrogen and oxygen atoms in total. The number of aryl methyl sites for hydroxylation is 3. The van der Waals surface area contributed by atoms with Crippen LogP contribution in [0.25, 0.3) is 0 Å². The van der Waals surface area contributed by atoms with Crippen LogP contribution in [0.2, 0.25) is 5.02 Å². The fraction of sp³-hybridized carbons (Fsp3) is 0.433. The van der Waals surface area contributed by atoms with E-state index in [1.807, 2.05) is 58.9 Å². The Hall–Kier alpha value is -3.50. The zero-order chi connectivity index (χ0) is 28.8. The van der Waals surface area contributed by atoms with Gasteiger partial charge in [-0.15, -0.1) is 0 Å². The molecule has 0 spiro atoms. The first kappa shape index (κ1) is 30.7. The highest BCUT2D eigenvalue weighted by Crippen LogP contribution is 2.30. The van der Waals surface area contributed by atoms with Crippen molar-refractivity contribution in [2.24, 2.45) is 5.92 Å². The third kappa shape index (κ3) is 8.00. The number of carbonyl (C=O) groups is 3. The third-order valence-corrected chi connectivity index (χ3v) is 6.38. The largest absolute Gasteiger partial charge is 0.444 e. The van der Waals surface area contributed by atoms with Gasteiger partial charge in [0.2, 0.25) is 0 Å². The van der Waals surface area contributed by atoms with E-state index in [1.165, 1.54) is 0 Å². The van der Waals surface area contributed by atoms with Crippen LogP contribution >= 0.6 is 11.6 Å². The van der Waals surface area contributed by atoms with Gasteiger partial charge in [0.05, 0.1) is 10.7 Å². The minimum absolute atomic E-state index is 0.292. The fourth-order valence-corrected chi connectivity index (χ4v) is 4.37. The molecule has 0 saturated heterocycles. The predicted molar refractivity (Wildman–Crippen MR) is 152 cm³/mol. The van der Waals surface area contributed by atoms with E-state index in [-0.39, 0.29) is 5.92 Å². The Kier molecular flexibility index (Phi) is 10.4. The van der Waals surface area contributed by atoms with Gasteiger partial charge in [0.15, 0.2) is 0 Å². The molecule has 0 fully saturated rings. The van der Waals surface area contributed by atoms with E-state index in [1.54, 1.807) is 32.9 Å². The molecule has 0 aliphatic heterocycles. The van der Waals surface area contributed by atoms with E-state index >= 15 is 0 Å². The van der Waals surface area contributed by atoms with Crippen molar-refractivity contribution < 1.29 is 19.1 Å². The molecule has 0 bridgehead atoms. The second-order valence-corrected chi connectivity index (χ2v) is 11.0. The SMILES string of the molecule is C#CN(C(=O)C(NC(=O)OC(C)(C)C)C(C)CC)C(C(=O)Nc1c(C)cccc1Cl)c1cc(C)cc(C)c1. The lowest BCUT2D eigenvalue weighted by Gasteiger charge is -2.32. The predicted octanol–water partition coefficient (Wildman–Crippen LogP) is 6.30. The number of carbonyl (C=O) groups excluding carboxylic acids is 3. The Morgan fingerprint density at radius 2 is 1.71 bits per heavy atom. The molecule has 2 N–H and O–H groups in total. The molecule has 3 atom stereocenters. The highest BCUT2D eigenvalue weighted by molar-refractivity contribution is 6.34. The summed E-state index contributed by atoms with van der Waals surface area (Å²) in [6.45, 7) is 14.5. The molecule has 0 radical (unpaired) electrons. The van der Waals surface area contributed by atoms with Gasteiger partial charge in [-0.2, -0.15) is 0 Å². The second-order valence-electron chi connectivity index (χ2n) is 10.6. The molecule has 204 valence electrons. The summed E-state index contributed by atoms with van der Waals surface area (Å²) in [7, 11) is 0. The van der Waals surface area contributed by atoms with Gasteiger partial charge in [0.1, 0.15) is 17.7 Å². The number of hydrogen-bond donors (Lipinski definition) is 2. The van der Waals surface area contributed by atoms with Crippen LogP contribution in [-0.2, 0) is 14.3 Å². The van der Waals surface area contributed by atoms with Crippen LogP contribution in [0, 0.1) is 39.2 Å². The molecule has 0 aliphatic carbocycles. The number of hydrogen-bond acceptors (Lipinski definition) is 4. The van der Waals surface area contributed by atoms with Crippen LogP contribution in [-0.4, -0.2) is 34.5 Å². The van der Waals surface area contributed by atoms with Gasteiger partial charge in [-0.3, -0.25) is 14.5 Å². The summed E-state index contributed by atoms with van der Waals surface area (Å²) in [5, 5.41) is 5.90. The molecule has 2 rings (SSSR count). The number of halogens is 1. The van der Waals surface area contributed by atoms with Crippen LogP contribution in [0.15, 0.2) is 36.4 Å². The van der Waals surface area contributed by atoms with Gasteiger partial charge in [0.25, 0.3) is 11.8 Å². The summed E-state index contributed by atoms with van der Waals surface area (Å²) < 4.78 is 5.39. The Morgan fingerprint density at radius 3 is 2.21 bits per heavy atom. The van der Waals surface area contributed by atoms with E-state index < -0.39 is 35.6 Å². The monoisotopic (exact) mass is 539 g/mol. The lowest BCUT2D eigenvalue weighted by molar-refractivity contribution is -0.137. The van der Waals surface area contributed by atoms with Crippen LogP contribution in [0.3, 0.4) is 0 Å². The summed E-state index contributed by atoms with van der Waals surface area (Å²) in [5.41, 5.74) is 2.78. The van der Waals surface area contributed by atoms with Crippen molar-refractivity contribution in [1.29, 1.82) is 0 Å². The minimum atomic E-state index is -1.19. The maximum absolute atomic E-state index is 14.0. The first-order chi connectivity index (χ1) is 17.7. The number of para-hydroxylation sites is 1. The van der Waals surface area contributed by atoms with Crippen LogP contribution < -0.4 is 10.6 Å². The zero-order valence-corrected chi connectivity index (χ0v) is 24.2. The number of benzene rings is 2. The highest BCUT2D eigenvalue weighted by Gasteiger charge is 2.38. The smallest absolute Gasteiger partial charge is 0.408 e. The van der Waals surface area contributed by atoms with Crippen molar-refractivity contribution in [3.8, 4) is 12.5 Å². The van der Waals surface area contributed by atoms with Crippen molar-refractivity contribution in [1.82, 2.24) is 10.2 Å². The molecule has 8 heteroatoms. The number of rotatable bonds is 8. The maximum Gasteiger partial charge on any atom is 0.408 e. The Balaban J connectivity index is 2.58. The van der Waals surface area contributed by atoms with Gasteiger partial charge >= 0.3 is 6.09 Å². The molecular formula is C30H38ClN3O4. The molecule has 0 heterocycles.